The molecule has 0 unspecified atom stereocenters. The second kappa shape index (κ2) is 7.05. The van der Waals surface area contributed by atoms with Crippen LogP contribution >= 0.6 is 11.6 Å². The normalized spacial score (nSPS) is 10.3. The van der Waals surface area contributed by atoms with Crippen LogP contribution < -0.4 is 10.1 Å². The first-order valence-corrected chi connectivity index (χ1v) is 6.89. The summed E-state index contributed by atoms with van der Waals surface area (Å²) in [5, 5.41) is 3.25. The highest BCUT2D eigenvalue weighted by Gasteiger charge is 2.05. The monoisotopic (exact) mass is 292 g/mol. The van der Waals surface area contributed by atoms with Crippen LogP contribution in [0, 0.1) is 6.92 Å². The number of aryl methyl sites for hydroxylation is 1. The molecule has 0 fully saturated rings. The summed E-state index contributed by atoms with van der Waals surface area (Å²) in [6.45, 7) is 5.15. The Morgan fingerprint density at radius 1 is 1.25 bits per heavy atom. The molecule has 2 aromatic rings. The molecule has 5 nitrogen and oxygen atoms in total. The first-order valence-electron chi connectivity index (χ1n) is 6.51. The van der Waals surface area contributed by atoms with Crippen LogP contribution in [0.1, 0.15) is 18.1 Å². The zero-order valence-electron chi connectivity index (χ0n) is 11.6. The molecule has 0 spiro atoms. The third-order valence-corrected chi connectivity index (χ3v) is 2.81. The van der Waals surface area contributed by atoms with Gasteiger partial charge in [-0.05, 0) is 37.4 Å². The van der Waals surface area contributed by atoms with Crippen LogP contribution in [-0.2, 0) is 6.42 Å². The van der Waals surface area contributed by atoms with Crippen LogP contribution in [0.3, 0.4) is 0 Å². The predicted octanol–water partition coefficient (Wildman–Crippen LogP) is 2.89. The number of ether oxygens (including phenoxy) is 1. The highest BCUT2D eigenvalue weighted by atomic mass is 35.5. The third-order valence-electron chi connectivity index (χ3n) is 2.64. The molecule has 0 saturated heterocycles. The summed E-state index contributed by atoms with van der Waals surface area (Å²) in [5.74, 6) is 0.432. The van der Waals surface area contributed by atoms with E-state index < -0.39 is 0 Å². The van der Waals surface area contributed by atoms with Crippen molar-refractivity contribution in [3.63, 3.8) is 0 Å². The lowest BCUT2D eigenvalue weighted by atomic mass is 10.1. The van der Waals surface area contributed by atoms with E-state index in [1.807, 2.05) is 6.92 Å². The maximum absolute atomic E-state index is 5.82. The SMILES string of the molecule is CCOc1nc(Cl)nc(NCCc2cccc(C)c2)n1. The number of halogens is 1. The maximum Gasteiger partial charge on any atom is 0.322 e. The molecular formula is C14H17ClN4O. The van der Waals surface area contributed by atoms with Gasteiger partial charge >= 0.3 is 6.01 Å². The molecule has 1 heterocycles. The lowest BCUT2D eigenvalue weighted by Crippen LogP contribution is -2.10. The van der Waals surface area contributed by atoms with E-state index in [2.05, 4.69) is 51.5 Å². The van der Waals surface area contributed by atoms with Gasteiger partial charge in [0.05, 0.1) is 6.61 Å². The molecule has 0 aliphatic heterocycles. The van der Waals surface area contributed by atoms with Crippen molar-refractivity contribution in [2.24, 2.45) is 0 Å². The van der Waals surface area contributed by atoms with Gasteiger partial charge < -0.3 is 10.1 Å². The minimum atomic E-state index is 0.126. The van der Waals surface area contributed by atoms with Crippen molar-refractivity contribution in [3.8, 4) is 6.01 Å². The zero-order valence-corrected chi connectivity index (χ0v) is 12.3. The van der Waals surface area contributed by atoms with Crippen molar-refractivity contribution >= 4 is 17.5 Å². The van der Waals surface area contributed by atoms with Gasteiger partial charge in [0, 0.05) is 6.54 Å². The Balaban J connectivity index is 1.93. The van der Waals surface area contributed by atoms with Crippen molar-refractivity contribution in [2.45, 2.75) is 20.3 Å². The van der Waals surface area contributed by atoms with E-state index in [4.69, 9.17) is 16.3 Å². The molecule has 0 radical (unpaired) electrons. The molecule has 1 aromatic carbocycles. The van der Waals surface area contributed by atoms with E-state index in [1.54, 1.807) is 0 Å². The minimum absolute atomic E-state index is 0.126. The average molecular weight is 293 g/mol. The summed E-state index contributed by atoms with van der Waals surface area (Å²) >= 11 is 5.82. The molecule has 0 saturated carbocycles. The van der Waals surface area contributed by atoms with Gasteiger partial charge in [0.1, 0.15) is 0 Å². The molecule has 0 aliphatic rings. The summed E-state index contributed by atoms with van der Waals surface area (Å²) in [4.78, 5) is 12.0. The van der Waals surface area contributed by atoms with Crippen molar-refractivity contribution in [1.29, 1.82) is 0 Å². The number of hydrogen-bond acceptors (Lipinski definition) is 5. The molecule has 20 heavy (non-hydrogen) atoms. The summed E-state index contributed by atoms with van der Waals surface area (Å²) in [6, 6.07) is 8.63. The van der Waals surface area contributed by atoms with Crippen molar-refractivity contribution in [1.82, 2.24) is 15.0 Å². The zero-order chi connectivity index (χ0) is 14.4. The Labute approximate surface area is 123 Å². The number of hydrogen-bond donors (Lipinski definition) is 1. The number of rotatable bonds is 6. The Bertz CT molecular complexity index is 577. The van der Waals surface area contributed by atoms with Gasteiger partial charge in [-0.2, -0.15) is 15.0 Å². The van der Waals surface area contributed by atoms with Crippen LogP contribution in [0.15, 0.2) is 24.3 Å². The van der Waals surface area contributed by atoms with Crippen molar-refractivity contribution < 1.29 is 4.74 Å². The van der Waals surface area contributed by atoms with E-state index in [9.17, 15) is 0 Å². The summed E-state index contributed by atoms with van der Waals surface area (Å²) < 4.78 is 5.22. The number of aromatic nitrogens is 3. The van der Waals surface area contributed by atoms with E-state index in [0.29, 0.717) is 12.6 Å². The van der Waals surface area contributed by atoms with Crippen LogP contribution in [0.4, 0.5) is 5.95 Å². The Morgan fingerprint density at radius 2 is 2.10 bits per heavy atom. The van der Waals surface area contributed by atoms with E-state index in [0.717, 1.165) is 13.0 Å². The molecule has 0 atom stereocenters. The summed E-state index contributed by atoms with van der Waals surface area (Å²) in [6.07, 6.45) is 0.884. The topological polar surface area (TPSA) is 59.9 Å². The molecule has 2 rings (SSSR count). The predicted molar refractivity (Wildman–Crippen MR) is 79.4 cm³/mol. The first-order chi connectivity index (χ1) is 9.67. The number of benzene rings is 1. The fourth-order valence-electron chi connectivity index (χ4n) is 1.79. The maximum atomic E-state index is 5.82. The van der Waals surface area contributed by atoms with Gasteiger partial charge in [0.25, 0.3) is 0 Å². The number of anilines is 1. The van der Waals surface area contributed by atoms with E-state index >= 15 is 0 Å². The van der Waals surface area contributed by atoms with Gasteiger partial charge in [-0.25, -0.2) is 0 Å². The smallest absolute Gasteiger partial charge is 0.322 e. The Morgan fingerprint density at radius 3 is 2.85 bits per heavy atom. The highest BCUT2D eigenvalue weighted by Crippen LogP contribution is 2.11. The number of nitrogens with zero attached hydrogens (tertiary/aromatic N) is 3. The molecule has 0 bridgehead atoms. The van der Waals surface area contributed by atoms with Crippen LogP contribution in [0.25, 0.3) is 0 Å². The first kappa shape index (κ1) is 14.5. The fraction of sp³-hybridized carbons (Fsp3) is 0.357. The van der Waals surface area contributed by atoms with Crippen LogP contribution in [0.5, 0.6) is 6.01 Å². The second-order valence-electron chi connectivity index (χ2n) is 4.31. The van der Waals surface area contributed by atoms with Gasteiger partial charge in [-0.1, -0.05) is 29.8 Å². The lowest BCUT2D eigenvalue weighted by Gasteiger charge is -2.07. The van der Waals surface area contributed by atoms with E-state index in [1.165, 1.54) is 11.1 Å². The molecule has 0 amide bonds. The standard InChI is InChI=1S/C14H17ClN4O/c1-3-20-14-18-12(15)17-13(19-14)16-8-7-11-6-4-5-10(2)9-11/h4-6,9H,3,7-8H2,1-2H3,(H,16,17,18,19). The number of nitrogens with one attached hydrogen (secondary N) is 1. The molecule has 1 N–H and O–H groups in total. The van der Waals surface area contributed by atoms with Crippen LogP contribution in [0.2, 0.25) is 5.28 Å². The van der Waals surface area contributed by atoms with Gasteiger partial charge in [-0.3, -0.25) is 0 Å². The largest absolute Gasteiger partial charge is 0.464 e. The van der Waals surface area contributed by atoms with Crippen molar-refractivity contribution in [3.05, 3.63) is 40.7 Å². The average Bonchev–Trinajstić information content (AvgIpc) is 2.38. The molecule has 106 valence electrons. The lowest BCUT2D eigenvalue weighted by molar-refractivity contribution is 0.312. The Kier molecular flexibility index (Phi) is 5.12. The van der Waals surface area contributed by atoms with Crippen LogP contribution in [-0.4, -0.2) is 28.1 Å². The van der Waals surface area contributed by atoms with Gasteiger partial charge in [-0.15, -0.1) is 0 Å². The third kappa shape index (κ3) is 4.35. The Hall–Kier alpha value is -1.88. The van der Waals surface area contributed by atoms with Gasteiger partial charge in [0.15, 0.2) is 0 Å². The quantitative estimate of drug-likeness (QED) is 0.887. The van der Waals surface area contributed by atoms with Gasteiger partial charge in [0.2, 0.25) is 11.2 Å². The fourth-order valence-corrected chi connectivity index (χ4v) is 1.94. The molecular weight excluding hydrogens is 276 g/mol. The molecule has 1 aromatic heterocycles. The van der Waals surface area contributed by atoms with E-state index in [-0.39, 0.29) is 11.3 Å². The minimum Gasteiger partial charge on any atom is -0.464 e. The summed E-state index contributed by atoms with van der Waals surface area (Å²) in [5.41, 5.74) is 2.52. The summed E-state index contributed by atoms with van der Waals surface area (Å²) in [7, 11) is 0. The molecule has 6 heteroatoms. The molecule has 0 aliphatic carbocycles. The second-order valence-corrected chi connectivity index (χ2v) is 4.65. The highest BCUT2D eigenvalue weighted by molar-refractivity contribution is 6.28. The van der Waals surface area contributed by atoms with Crippen molar-refractivity contribution in [2.75, 3.05) is 18.5 Å².